The lowest BCUT2D eigenvalue weighted by molar-refractivity contribution is -0.122. The molecule has 6 nitrogen and oxygen atoms in total. The van der Waals surface area contributed by atoms with E-state index >= 15 is 0 Å². The molecular formula is C18H21FN2O4S2. The molecule has 0 saturated heterocycles. The van der Waals surface area contributed by atoms with Crippen LogP contribution in [0.2, 0.25) is 0 Å². The number of sulfonamides is 1. The van der Waals surface area contributed by atoms with Crippen LogP contribution in [0.15, 0.2) is 53.4 Å². The fourth-order valence-electron chi connectivity index (χ4n) is 2.36. The Hall–Kier alpha value is -2.10. The van der Waals surface area contributed by atoms with Crippen molar-refractivity contribution in [2.24, 2.45) is 0 Å². The predicted molar refractivity (Wildman–Crippen MR) is 103 cm³/mol. The average molecular weight is 413 g/mol. The molecule has 0 aliphatic carbocycles. The molecule has 9 heteroatoms. The Labute approximate surface area is 162 Å². The second kappa shape index (κ2) is 9.72. The SMILES string of the molecule is CSCCC(NS(=O)(=O)c1ccccc1F)C(=O)NCc1ccccc1O. The minimum Gasteiger partial charge on any atom is -0.508 e. The van der Waals surface area contributed by atoms with Crippen LogP contribution in [0.3, 0.4) is 0 Å². The van der Waals surface area contributed by atoms with Gasteiger partial charge in [-0.05, 0) is 36.6 Å². The number of rotatable bonds is 9. The number of carbonyl (C=O) groups is 1. The lowest BCUT2D eigenvalue weighted by Crippen LogP contribution is -2.46. The van der Waals surface area contributed by atoms with Gasteiger partial charge < -0.3 is 10.4 Å². The van der Waals surface area contributed by atoms with Crippen LogP contribution in [0.4, 0.5) is 4.39 Å². The molecule has 0 spiro atoms. The first kappa shape index (κ1) is 21.2. The lowest BCUT2D eigenvalue weighted by atomic mass is 10.2. The zero-order valence-corrected chi connectivity index (χ0v) is 16.3. The van der Waals surface area contributed by atoms with E-state index in [9.17, 15) is 22.7 Å². The number of benzene rings is 2. The number of thioether (sulfide) groups is 1. The first-order valence-electron chi connectivity index (χ1n) is 8.15. The maximum absolute atomic E-state index is 13.9. The molecule has 3 N–H and O–H groups in total. The third kappa shape index (κ3) is 5.95. The molecule has 0 radical (unpaired) electrons. The summed E-state index contributed by atoms with van der Waals surface area (Å²) in [5, 5.41) is 12.4. The number of nitrogens with one attached hydrogen (secondary N) is 2. The number of amides is 1. The van der Waals surface area contributed by atoms with Gasteiger partial charge in [-0.2, -0.15) is 16.5 Å². The summed E-state index contributed by atoms with van der Waals surface area (Å²) in [6.45, 7) is 0.0443. The van der Waals surface area contributed by atoms with E-state index in [0.717, 1.165) is 12.1 Å². The predicted octanol–water partition coefficient (Wildman–Crippen LogP) is 2.25. The van der Waals surface area contributed by atoms with Crippen LogP contribution >= 0.6 is 11.8 Å². The van der Waals surface area contributed by atoms with E-state index in [2.05, 4.69) is 10.0 Å². The lowest BCUT2D eigenvalue weighted by Gasteiger charge is -2.18. The van der Waals surface area contributed by atoms with Gasteiger partial charge in [0.25, 0.3) is 0 Å². The van der Waals surface area contributed by atoms with Crippen molar-refractivity contribution in [1.82, 2.24) is 10.0 Å². The van der Waals surface area contributed by atoms with E-state index in [0.29, 0.717) is 11.3 Å². The molecule has 0 bridgehead atoms. The van der Waals surface area contributed by atoms with Crippen LogP contribution in [0.5, 0.6) is 5.75 Å². The molecule has 0 aliphatic rings. The molecule has 0 aromatic heterocycles. The molecule has 0 saturated carbocycles. The molecule has 27 heavy (non-hydrogen) atoms. The molecule has 1 unspecified atom stereocenters. The van der Waals surface area contributed by atoms with E-state index in [1.165, 1.54) is 30.0 Å². The zero-order valence-electron chi connectivity index (χ0n) is 14.7. The van der Waals surface area contributed by atoms with Crippen LogP contribution in [0.1, 0.15) is 12.0 Å². The summed E-state index contributed by atoms with van der Waals surface area (Å²) in [7, 11) is -4.20. The Bertz CT molecular complexity index is 890. The van der Waals surface area contributed by atoms with Crippen LogP contribution < -0.4 is 10.0 Å². The highest BCUT2D eigenvalue weighted by Crippen LogP contribution is 2.16. The summed E-state index contributed by atoms with van der Waals surface area (Å²) in [5.41, 5.74) is 0.506. The molecule has 2 aromatic rings. The standard InChI is InChI=1S/C18H21FN2O4S2/c1-26-11-10-15(18(23)20-12-13-6-2-4-8-16(13)22)21-27(24,25)17-9-5-3-7-14(17)19/h2-9,15,21-22H,10-12H2,1H3,(H,20,23). The number of carbonyl (C=O) groups excluding carboxylic acids is 1. The Balaban J connectivity index is 2.13. The second-order valence-electron chi connectivity index (χ2n) is 5.73. The van der Waals surface area contributed by atoms with Crippen molar-refractivity contribution < 1.29 is 22.7 Å². The first-order chi connectivity index (χ1) is 12.8. The molecule has 0 fully saturated rings. The van der Waals surface area contributed by atoms with E-state index in [-0.39, 0.29) is 18.7 Å². The molecule has 1 atom stereocenters. The highest BCUT2D eigenvalue weighted by atomic mass is 32.2. The van der Waals surface area contributed by atoms with Crippen LogP contribution in [-0.2, 0) is 21.4 Å². The summed E-state index contributed by atoms with van der Waals surface area (Å²) < 4.78 is 41.1. The highest BCUT2D eigenvalue weighted by molar-refractivity contribution is 7.98. The van der Waals surface area contributed by atoms with Gasteiger partial charge in [0.15, 0.2) is 0 Å². The molecule has 146 valence electrons. The van der Waals surface area contributed by atoms with Crippen LogP contribution in [0, 0.1) is 5.82 Å². The fraction of sp³-hybridized carbons (Fsp3) is 0.278. The van der Waals surface area contributed by atoms with Gasteiger partial charge in [0.1, 0.15) is 22.5 Å². The van der Waals surface area contributed by atoms with Crippen molar-refractivity contribution in [2.75, 3.05) is 12.0 Å². The summed E-state index contributed by atoms with van der Waals surface area (Å²) >= 11 is 1.46. The molecular weight excluding hydrogens is 391 g/mol. The minimum atomic E-state index is -4.20. The van der Waals surface area contributed by atoms with Gasteiger partial charge in [0.2, 0.25) is 15.9 Å². The Morgan fingerprint density at radius 2 is 1.85 bits per heavy atom. The molecule has 0 heterocycles. The topological polar surface area (TPSA) is 95.5 Å². The monoisotopic (exact) mass is 412 g/mol. The Kier molecular flexibility index (Phi) is 7.64. The number of aromatic hydroxyl groups is 1. The fourth-order valence-corrected chi connectivity index (χ4v) is 4.14. The number of phenolic OH excluding ortho intramolecular Hbond substituents is 1. The number of hydrogen-bond donors (Lipinski definition) is 3. The van der Waals surface area contributed by atoms with Crippen molar-refractivity contribution in [3.8, 4) is 5.75 Å². The van der Waals surface area contributed by atoms with Gasteiger partial charge in [-0.3, -0.25) is 4.79 Å². The highest BCUT2D eigenvalue weighted by Gasteiger charge is 2.27. The van der Waals surface area contributed by atoms with Crippen LogP contribution in [-0.4, -0.2) is 37.5 Å². The third-order valence-electron chi connectivity index (χ3n) is 3.80. The number of para-hydroxylation sites is 1. The summed E-state index contributed by atoms with van der Waals surface area (Å²) in [6, 6.07) is 10.4. The maximum Gasteiger partial charge on any atom is 0.244 e. The van der Waals surface area contributed by atoms with E-state index in [4.69, 9.17) is 0 Å². The maximum atomic E-state index is 13.9. The first-order valence-corrected chi connectivity index (χ1v) is 11.0. The number of phenols is 1. The number of hydrogen-bond acceptors (Lipinski definition) is 5. The summed E-state index contributed by atoms with van der Waals surface area (Å²) in [5.74, 6) is -0.866. The number of halogens is 1. The second-order valence-corrected chi connectivity index (χ2v) is 8.40. The normalized spacial score (nSPS) is 12.5. The van der Waals surface area contributed by atoms with Crippen molar-refractivity contribution >= 4 is 27.7 Å². The van der Waals surface area contributed by atoms with Gasteiger partial charge in [0, 0.05) is 12.1 Å². The van der Waals surface area contributed by atoms with Crippen molar-refractivity contribution in [1.29, 1.82) is 0 Å². The molecule has 2 aromatic carbocycles. The summed E-state index contributed by atoms with van der Waals surface area (Å²) in [6.07, 6.45) is 2.07. The molecule has 0 aliphatic heterocycles. The third-order valence-corrected chi connectivity index (χ3v) is 5.94. The smallest absolute Gasteiger partial charge is 0.244 e. The Morgan fingerprint density at radius 1 is 1.19 bits per heavy atom. The average Bonchev–Trinajstić information content (AvgIpc) is 2.64. The Morgan fingerprint density at radius 3 is 2.52 bits per heavy atom. The van der Waals surface area contributed by atoms with Gasteiger partial charge in [0.05, 0.1) is 0 Å². The van der Waals surface area contributed by atoms with Crippen molar-refractivity contribution in [3.63, 3.8) is 0 Å². The van der Waals surface area contributed by atoms with Crippen molar-refractivity contribution in [3.05, 3.63) is 59.9 Å². The van der Waals surface area contributed by atoms with E-state index < -0.39 is 32.7 Å². The van der Waals surface area contributed by atoms with Crippen LogP contribution in [0.25, 0.3) is 0 Å². The molecule has 2 rings (SSSR count). The van der Waals surface area contributed by atoms with E-state index in [1.807, 2.05) is 6.26 Å². The largest absolute Gasteiger partial charge is 0.508 e. The van der Waals surface area contributed by atoms with E-state index in [1.54, 1.807) is 18.2 Å². The minimum absolute atomic E-state index is 0.0328. The van der Waals surface area contributed by atoms with Crippen molar-refractivity contribution in [2.45, 2.75) is 23.9 Å². The van der Waals surface area contributed by atoms with Gasteiger partial charge in [-0.25, -0.2) is 12.8 Å². The quantitative estimate of drug-likeness (QED) is 0.587. The molecule has 1 amide bonds. The summed E-state index contributed by atoms with van der Waals surface area (Å²) in [4.78, 5) is 12.0. The van der Waals surface area contributed by atoms with Gasteiger partial charge in [-0.1, -0.05) is 30.3 Å². The zero-order chi connectivity index (χ0) is 19.9. The van der Waals surface area contributed by atoms with Gasteiger partial charge >= 0.3 is 0 Å². The van der Waals surface area contributed by atoms with Gasteiger partial charge in [-0.15, -0.1) is 0 Å².